The molecule has 0 aliphatic rings. The molecule has 1 aromatic heterocycles. The summed E-state index contributed by atoms with van der Waals surface area (Å²) in [5, 5.41) is 13.5. The highest BCUT2D eigenvalue weighted by Crippen LogP contribution is 2.09. The van der Waals surface area contributed by atoms with Gasteiger partial charge < -0.3 is 10.1 Å². The molecule has 0 aliphatic carbocycles. The van der Waals surface area contributed by atoms with Crippen molar-refractivity contribution in [3.63, 3.8) is 0 Å². The molecule has 0 radical (unpaired) electrons. The molecule has 1 N–H and O–H groups in total. The van der Waals surface area contributed by atoms with Crippen LogP contribution in [-0.2, 0) is 9.53 Å². The molecule has 24 heavy (non-hydrogen) atoms. The summed E-state index contributed by atoms with van der Waals surface area (Å²) in [5.41, 5.74) is 1.68. The molecule has 0 atom stereocenters. The van der Waals surface area contributed by atoms with Gasteiger partial charge in [0.2, 0.25) is 0 Å². The standard InChI is InChI=1S/C16H13N5O3/c22-15(18-13-4-2-1-3-5-13)10-24-16(23)12-6-8-14(9-7-12)21-11-17-19-20-21/h1-9,11H,10H2,(H,18,22). The van der Waals surface area contributed by atoms with Crippen molar-refractivity contribution in [2.75, 3.05) is 11.9 Å². The van der Waals surface area contributed by atoms with Gasteiger partial charge in [0.25, 0.3) is 5.91 Å². The van der Waals surface area contributed by atoms with Gasteiger partial charge in [-0.3, -0.25) is 4.79 Å². The Balaban J connectivity index is 1.54. The Kier molecular flexibility index (Phi) is 4.57. The summed E-state index contributed by atoms with van der Waals surface area (Å²) >= 11 is 0. The SMILES string of the molecule is O=C(COC(=O)c1ccc(-n2cnnn2)cc1)Nc1ccccc1. The van der Waals surface area contributed by atoms with Crippen molar-refractivity contribution in [3.8, 4) is 5.69 Å². The van der Waals surface area contributed by atoms with Crippen LogP contribution < -0.4 is 5.32 Å². The van der Waals surface area contributed by atoms with Crippen LogP contribution in [-0.4, -0.2) is 38.7 Å². The van der Waals surface area contributed by atoms with Crippen molar-refractivity contribution in [2.24, 2.45) is 0 Å². The zero-order chi connectivity index (χ0) is 16.8. The molecule has 8 heteroatoms. The minimum atomic E-state index is -0.582. The van der Waals surface area contributed by atoms with Gasteiger partial charge in [-0.15, -0.1) is 5.10 Å². The molecule has 3 rings (SSSR count). The first-order chi connectivity index (χ1) is 11.7. The molecule has 0 saturated carbocycles. The first-order valence-corrected chi connectivity index (χ1v) is 7.08. The molecule has 8 nitrogen and oxygen atoms in total. The molecule has 0 saturated heterocycles. The Morgan fingerprint density at radius 2 is 1.79 bits per heavy atom. The quantitative estimate of drug-likeness (QED) is 0.714. The average Bonchev–Trinajstić information content (AvgIpc) is 3.15. The van der Waals surface area contributed by atoms with Crippen LogP contribution in [0.2, 0.25) is 0 Å². The van der Waals surface area contributed by atoms with E-state index in [-0.39, 0.29) is 6.61 Å². The van der Waals surface area contributed by atoms with E-state index in [9.17, 15) is 9.59 Å². The molecule has 120 valence electrons. The summed E-state index contributed by atoms with van der Waals surface area (Å²) in [7, 11) is 0. The van der Waals surface area contributed by atoms with Crippen molar-refractivity contribution >= 4 is 17.6 Å². The average molecular weight is 323 g/mol. The molecule has 1 amide bonds. The number of rotatable bonds is 5. The minimum Gasteiger partial charge on any atom is -0.452 e. The van der Waals surface area contributed by atoms with Crippen LogP contribution in [0.15, 0.2) is 60.9 Å². The fourth-order valence-corrected chi connectivity index (χ4v) is 1.96. The van der Waals surface area contributed by atoms with Crippen LogP contribution in [0.3, 0.4) is 0 Å². The van der Waals surface area contributed by atoms with Gasteiger partial charge in [-0.1, -0.05) is 18.2 Å². The molecule has 0 bridgehead atoms. The fourth-order valence-electron chi connectivity index (χ4n) is 1.96. The smallest absolute Gasteiger partial charge is 0.338 e. The topological polar surface area (TPSA) is 99.0 Å². The number of benzene rings is 2. The zero-order valence-corrected chi connectivity index (χ0v) is 12.5. The maximum atomic E-state index is 12.0. The summed E-state index contributed by atoms with van der Waals surface area (Å²) in [6.45, 7) is -0.359. The number of carbonyl (C=O) groups is 2. The summed E-state index contributed by atoms with van der Waals surface area (Å²) in [6.07, 6.45) is 1.45. The number of carbonyl (C=O) groups excluding carboxylic acids is 2. The predicted octanol–water partition coefficient (Wildman–Crippen LogP) is 1.46. The fraction of sp³-hybridized carbons (Fsp3) is 0.0625. The zero-order valence-electron chi connectivity index (χ0n) is 12.5. The number of anilines is 1. The van der Waals surface area contributed by atoms with Crippen LogP contribution in [0.4, 0.5) is 5.69 Å². The Morgan fingerprint density at radius 1 is 1.04 bits per heavy atom. The lowest BCUT2D eigenvalue weighted by atomic mass is 10.2. The van der Waals surface area contributed by atoms with Crippen LogP contribution in [0, 0.1) is 0 Å². The van der Waals surface area contributed by atoms with Crippen molar-refractivity contribution < 1.29 is 14.3 Å². The van der Waals surface area contributed by atoms with E-state index < -0.39 is 11.9 Å². The van der Waals surface area contributed by atoms with Crippen LogP contribution in [0.5, 0.6) is 0 Å². The van der Waals surface area contributed by atoms with E-state index in [1.54, 1.807) is 48.5 Å². The number of nitrogens with zero attached hydrogens (tertiary/aromatic N) is 4. The van der Waals surface area contributed by atoms with Gasteiger partial charge in [-0.25, -0.2) is 9.48 Å². The number of aromatic nitrogens is 4. The number of nitrogens with one attached hydrogen (secondary N) is 1. The third-order valence-electron chi connectivity index (χ3n) is 3.11. The maximum absolute atomic E-state index is 12.0. The van der Waals surface area contributed by atoms with Crippen molar-refractivity contribution in [3.05, 3.63) is 66.5 Å². The Bertz CT molecular complexity index is 817. The van der Waals surface area contributed by atoms with E-state index in [4.69, 9.17) is 4.74 Å². The lowest BCUT2D eigenvalue weighted by Crippen LogP contribution is -2.20. The highest BCUT2D eigenvalue weighted by Gasteiger charge is 2.10. The number of amides is 1. The number of ether oxygens (including phenoxy) is 1. The highest BCUT2D eigenvalue weighted by atomic mass is 16.5. The Morgan fingerprint density at radius 3 is 2.46 bits per heavy atom. The molecule has 1 heterocycles. The molecule has 0 aliphatic heterocycles. The van der Waals surface area contributed by atoms with E-state index >= 15 is 0 Å². The van der Waals surface area contributed by atoms with Gasteiger partial charge in [0, 0.05) is 5.69 Å². The van der Waals surface area contributed by atoms with E-state index in [1.807, 2.05) is 6.07 Å². The van der Waals surface area contributed by atoms with Crippen molar-refractivity contribution in [2.45, 2.75) is 0 Å². The second-order valence-electron chi connectivity index (χ2n) is 4.79. The number of hydrogen-bond donors (Lipinski definition) is 1. The Hall–Kier alpha value is -3.55. The first-order valence-electron chi connectivity index (χ1n) is 7.08. The van der Waals surface area contributed by atoms with Crippen molar-refractivity contribution in [1.82, 2.24) is 20.2 Å². The number of tetrazole rings is 1. The van der Waals surface area contributed by atoms with E-state index in [1.165, 1.54) is 11.0 Å². The number of esters is 1. The molecular weight excluding hydrogens is 310 g/mol. The molecular formula is C16H13N5O3. The molecule has 3 aromatic rings. The third kappa shape index (κ3) is 3.80. The second-order valence-corrected chi connectivity index (χ2v) is 4.79. The van der Waals surface area contributed by atoms with E-state index in [0.29, 0.717) is 16.9 Å². The van der Waals surface area contributed by atoms with E-state index in [0.717, 1.165) is 0 Å². The summed E-state index contributed by atoms with van der Waals surface area (Å²) in [5.74, 6) is -0.985. The summed E-state index contributed by atoms with van der Waals surface area (Å²) in [6, 6.07) is 15.4. The summed E-state index contributed by atoms with van der Waals surface area (Å²) in [4.78, 5) is 23.7. The van der Waals surface area contributed by atoms with Gasteiger partial charge in [0.1, 0.15) is 6.33 Å². The Labute approximate surface area is 137 Å². The maximum Gasteiger partial charge on any atom is 0.338 e. The lowest BCUT2D eigenvalue weighted by Gasteiger charge is -2.07. The largest absolute Gasteiger partial charge is 0.452 e. The van der Waals surface area contributed by atoms with Gasteiger partial charge in [0.05, 0.1) is 11.3 Å². The normalized spacial score (nSPS) is 10.2. The van der Waals surface area contributed by atoms with Crippen LogP contribution in [0.25, 0.3) is 5.69 Å². The predicted molar refractivity (Wildman–Crippen MR) is 84.5 cm³/mol. The molecule has 2 aromatic carbocycles. The lowest BCUT2D eigenvalue weighted by molar-refractivity contribution is -0.119. The second kappa shape index (κ2) is 7.14. The van der Waals surface area contributed by atoms with Gasteiger partial charge in [0.15, 0.2) is 6.61 Å². The monoisotopic (exact) mass is 323 g/mol. The van der Waals surface area contributed by atoms with E-state index in [2.05, 4.69) is 20.8 Å². The van der Waals surface area contributed by atoms with Gasteiger partial charge in [-0.2, -0.15) is 0 Å². The molecule has 0 unspecified atom stereocenters. The van der Waals surface area contributed by atoms with Crippen molar-refractivity contribution in [1.29, 1.82) is 0 Å². The van der Waals surface area contributed by atoms with Gasteiger partial charge in [-0.05, 0) is 46.8 Å². The van der Waals surface area contributed by atoms with Crippen LogP contribution >= 0.6 is 0 Å². The highest BCUT2D eigenvalue weighted by molar-refractivity contribution is 5.95. The summed E-state index contributed by atoms with van der Waals surface area (Å²) < 4.78 is 6.46. The molecule has 0 fully saturated rings. The van der Waals surface area contributed by atoms with Crippen LogP contribution in [0.1, 0.15) is 10.4 Å². The number of hydrogen-bond acceptors (Lipinski definition) is 6. The number of para-hydroxylation sites is 1. The third-order valence-corrected chi connectivity index (χ3v) is 3.11. The minimum absolute atomic E-state index is 0.333. The first kappa shape index (κ1) is 15.3. The van der Waals surface area contributed by atoms with Gasteiger partial charge >= 0.3 is 5.97 Å². The molecule has 0 spiro atoms.